The van der Waals surface area contributed by atoms with Gasteiger partial charge in [-0.3, -0.25) is 4.90 Å². The average molecular weight is 222 g/mol. The number of benzene rings is 1. The number of morpholine rings is 1. The van der Waals surface area contributed by atoms with Crippen LogP contribution >= 0.6 is 0 Å². The highest BCUT2D eigenvalue weighted by atomic mass is 16.5. The summed E-state index contributed by atoms with van der Waals surface area (Å²) >= 11 is 0. The molecule has 0 aliphatic carbocycles. The van der Waals surface area contributed by atoms with Gasteiger partial charge in [0.25, 0.3) is 0 Å². The Morgan fingerprint density at radius 2 is 2.12 bits per heavy atom. The van der Waals surface area contributed by atoms with Crippen LogP contribution in [0, 0.1) is 0 Å². The van der Waals surface area contributed by atoms with E-state index in [0.717, 1.165) is 24.3 Å². The summed E-state index contributed by atoms with van der Waals surface area (Å²) < 4.78 is 5.27. The zero-order valence-electron chi connectivity index (χ0n) is 9.52. The minimum absolute atomic E-state index is 0.530. The van der Waals surface area contributed by atoms with Gasteiger partial charge < -0.3 is 15.2 Å². The molecule has 0 spiro atoms. The molecule has 1 aromatic rings. The third-order valence-corrected chi connectivity index (χ3v) is 2.86. The van der Waals surface area contributed by atoms with Gasteiger partial charge in [-0.1, -0.05) is 12.1 Å². The molecule has 2 N–H and O–H groups in total. The lowest BCUT2D eigenvalue weighted by Crippen LogP contribution is -2.39. The van der Waals surface area contributed by atoms with Crippen molar-refractivity contribution in [2.45, 2.75) is 6.23 Å². The largest absolute Gasteiger partial charge is 0.388 e. The minimum atomic E-state index is -0.530. The van der Waals surface area contributed by atoms with E-state index in [9.17, 15) is 5.11 Å². The van der Waals surface area contributed by atoms with Crippen molar-refractivity contribution in [3.05, 3.63) is 29.8 Å². The Kier molecular flexibility index (Phi) is 3.77. The molecule has 1 atom stereocenters. The molecule has 16 heavy (non-hydrogen) atoms. The van der Waals surface area contributed by atoms with Crippen LogP contribution in [-0.4, -0.2) is 43.4 Å². The number of aliphatic hydroxyl groups is 1. The molecule has 1 aliphatic heterocycles. The van der Waals surface area contributed by atoms with E-state index in [1.54, 1.807) is 0 Å². The molecule has 1 fully saturated rings. The van der Waals surface area contributed by atoms with Crippen molar-refractivity contribution in [1.82, 2.24) is 4.90 Å². The second-order valence-corrected chi connectivity index (χ2v) is 3.90. The van der Waals surface area contributed by atoms with Crippen molar-refractivity contribution >= 4 is 5.69 Å². The van der Waals surface area contributed by atoms with Gasteiger partial charge in [0.05, 0.1) is 13.2 Å². The van der Waals surface area contributed by atoms with Crippen LogP contribution in [0.3, 0.4) is 0 Å². The van der Waals surface area contributed by atoms with Crippen molar-refractivity contribution in [2.75, 3.05) is 38.7 Å². The second kappa shape index (κ2) is 5.30. The quantitative estimate of drug-likeness (QED) is 0.802. The number of hydrogen-bond donors (Lipinski definition) is 2. The van der Waals surface area contributed by atoms with Gasteiger partial charge >= 0.3 is 0 Å². The molecule has 4 heteroatoms. The first-order valence-corrected chi connectivity index (χ1v) is 5.59. The summed E-state index contributed by atoms with van der Waals surface area (Å²) in [5.41, 5.74) is 1.94. The molecule has 0 amide bonds. The summed E-state index contributed by atoms with van der Waals surface area (Å²) in [5, 5.41) is 13.3. The van der Waals surface area contributed by atoms with Gasteiger partial charge in [0, 0.05) is 25.8 Å². The van der Waals surface area contributed by atoms with Gasteiger partial charge in [-0.25, -0.2) is 0 Å². The zero-order chi connectivity index (χ0) is 11.4. The molecule has 2 rings (SSSR count). The maximum Gasteiger partial charge on any atom is 0.133 e. The monoisotopic (exact) mass is 222 g/mol. The summed E-state index contributed by atoms with van der Waals surface area (Å²) in [5.74, 6) is 0. The third-order valence-electron chi connectivity index (χ3n) is 2.86. The van der Waals surface area contributed by atoms with Crippen molar-refractivity contribution in [1.29, 1.82) is 0 Å². The van der Waals surface area contributed by atoms with Gasteiger partial charge in [0.2, 0.25) is 0 Å². The third kappa shape index (κ3) is 2.52. The number of rotatable bonds is 3. The Balaban J connectivity index is 2.09. The van der Waals surface area contributed by atoms with E-state index in [1.807, 2.05) is 36.2 Å². The fourth-order valence-electron chi connectivity index (χ4n) is 1.89. The normalized spacial score (nSPS) is 19.4. The fourth-order valence-corrected chi connectivity index (χ4v) is 1.89. The van der Waals surface area contributed by atoms with Gasteiger partial charge in [-0.2, -0.15) is 0 Å². The van der Waals surface area contributed by atoms with Crippen LogP contribution < -0.4 is 5.32 Å². The lowest BCUT2D eigenvalue weighted by atomic mass is 10.1. The van der Waals surface area contributed by atoms with Crippen LogP contribution in [0.15, 0.2) is 24.3 Å². The highest BCUT2D eigenvalue weighted by Crippen LogP contribution is 2.21. The van der Waals surface area contributed by atoms with E-state index in [-0.39, 0.29) is 0 Å². The van der Waals surface area contributed by atoms with E-state index < -0.39 is 6.23 Å². The van der Waals surface area contributed by atoms with E-state index in [1.165, 1.54) is 0 Å². The lowest BCUT2D eigenvalue weighted by molar-refractivity contribution is -0.0603. The summed E-state index contributed by atoms with van der Waals surface area (Å²) in [6, 6.07) is 7.85. The van der Waals surface area contributed by atoms with Crippen LogP contribution in [-0.2, 0) is 4.74 Å². The SMILES string of the molecule is CNc1cccc(C(O)N2CCOCC2)c1. The number of aliphatic hydroxyl groups excluding tert-OH is 1. The molecule has 0 saturated carbocycles. The van der Waals surface area contributed by atoms with Crippen molar-refractivity contribution < 1.29 is 9.84 Å². The summed E-state index contributed by atoms with van der Waals surface area (Å²) in [4.78, 5) is 2.03. The smallest absolute Gasteiger partial charge is 0.133 e. The van der Waals surface area contributed by atoms with Crippen LogP contribution in [0.2, 0.25) is 0 Å². The Hall–Kier alpha value is -1.10. The Morgan fingerprint density at radius 1 is 1.38 bits per heavy atom. The molecule has 1 heterocycles. The highest BCUT2D eigenvalue weighted by molar-refractivity contribution is 5.45. The van der Waals surface area contributed by atoms with Crippen molar-refractivity contribution in [3.63, 3.8) is 0 Å². The number of anilines is 1. The predicted octanol–water partition coefficient (Wildman–Crippen LogP) is 1.05. The Labute approximate surface area is 95.8 Å². The molecule has 1 saturated heterocycles. The molecular weight excluding hydrogens is 204 g/mol. The van der Waals surface area contributed by atoms with Crippen LogP contribution in [0.1, 0.15) is 11.8 Å². The highest BCUT2D eigenvalue weighted by Gasteiger charge is 2.19. The molecular formula is C12H18N2O2. The molecule has 1 unspecified atom stereocenters. The average Bonchev–Trinajstić information content (AvgIpc) is 2.39. The summed E-state index contributed by atoms with van der Waals surface area (Å²) in [6.45, 7) is 2.96. The van der Waals surface area contributed by atoms with Crippen molar-refractivity contribution in [3.8, 4) is 0 Å². The standard InChI is InChI=1S/C12H18N2O2/c1-13-11-4-2-3-10(9-11)12(15)14-5-7-16-8-6-14/h2-4,9,12-13,15H,5-8H2,1H3. The summed E-state index contributed by atoms with van der Waals surface area (Å²) in [7, 11) is 1.88. The molecule has 0 aromatic heterocycles. The van der Waals surface area contributed by atoms with Gasteiger partial charge in [-0.05, 0) is 17.7 Å². The molecule has 1 aromatic carbocycles. The maximum atomic E-state index is 10.2. The van der Waals surface area contributed by atoms with E-state index >= 15 is 0 Å². The fraction of sp³-hybridized carbons (Fsp3) is 0.500. The van der Waals surface area contributed by atoms with Gasteiger partial charge in [-0.15, -0.1) is 0 Å². The maximum absolute atomic E-state index is 10.2. The second-order valence-electron chi connectivity index (χ2n) is 3.90. The Morgan fingerprint density at radius 3 is 2.81 bits per heavy atom. The molecule has 0 bridgehead atoms. The molecule has 4 nitrogen and oxygen atoms in total. The first-order chi connectivity index (χ1) is 7.81. The van der Waals surface area contributed by atoms with E-state index in [0.29, 0.717) is 13.2 Å². The van der Waals surface area contributed by atoms with Gasteiger partial charge in [0.15, 0.2) is 0 Å². The minimum Gasteiger partial charge on any atom is -0.388 e. The lowest BCUT2D eigenvalue weighted by Gasteiger charge is -2.31. The van der Waals surface area contributed by atoms with Gasteiger partial charge in [0.1, 0.15) is 6.23 Å². The number of ether oxygens (including phenoxy) is 1. The molecule has 0 radical (unpaired) electrons. The number of nitrogens with zero attached hydrogens (tertiary/aromatic N) is 1. The predicted molar refractivity (Wildman–Crippen MR) is 63.3 cm³/mol. The van der Waals surface area contributed by atoms with Crippen LogP contribution in [0.25, 0.3) is 0 Å². The van der Waals surface area contributed by atoms with Crippen LogP contribution in [0.5, 0.6) is 0 Å². The van der Waals surface area contributed by atoms with Crippen molar-refractivity contribution in [2.24, 2.45) is 0 Å². The zero-order valence-corrected chi connectivity index (χ0v) is 9.52. The summed E-state index contributed by atoms with van der Waals surface area (Å²) in [6.07, 6.45) is -0.530. The molecule has 1 aliphatic rings. The van der Waals surface area contributed by atoms with E-state index in [4.69, 9.17) is 4.74 Å². The van der Waals surface area contributed by atoms with E-state index in [2.05, 4.69) is 5.32 Å². The number of hydrogen-bond acceptors (Lipinski definition) is 4. The van der Waals surface area contributed by atoms with Crippen LogP contribution in [0.4, 0.5) is 5.69 Å². The topological polar surface area (TPSA) is 44.7 Å². The number of nitrogens with one attached hydrogen (secondary N) is 1. The molecule has 88 valence electrons. The first-order valence-electron chi connectivity index (χ1n) is 5.59. The Bertz CT molecular complexity index is 338. The first kappa shape index (κ1) is 11.4.